The molecule has 0 atom stereocenters. The number of nitrogens with two attached hydrogens (primary N) is 2. The zero-order valence-corrected chi connectivity index (χ0v) is 11.6. The van der Waals surface area contributed by atoms with Gasteiger partial charge in [-0.3, -0.25) is 5.43 Å². The Morgan fingerprint density at radius 2 is 1.95 bits per heavy atom. The number of nitrogens with one attached hydrogen (secondary N) is 2. The van der Waals surface area contributed by atoms with Crippen LogP contribution in [0.2, 0.25) is 6.04 Å². The summed E-state index contributed by atoms with van der Waals surface area (Å²) in [6.45, 7) is 0.621. The van der Waals surface area contributed by atoms with E-state index < -0.39 is 8.80 Å². The van der Waals surface area contributed by atoms with E-state index in [2.05, 4.69) is 30.1 Å². The summed E-state index contributed by atoms with van der Waals surface area (Å²) in [6.07, 6.45) is 0.502. The highest BCUT2D eigenvalue weighted by Crippen LogP contribution is 2.08. The van der Waals surface area contributed by atoms with Crippen molar-refractivity contribution in [3.05, 3.63) is 5.82 Å². The van der Waals surface area contributed by atoms with Gasteiger partial charge in [0, 0.05) is 19.7 Å². The van der Waals surface area contributed by atoms with Crippen molar-refractivity contribution in [1.29, 1.82) is 0 Å². The van der Waals surface area contributed by atoms with Gasteiger partial charge in [0.2, 0.25) is 11.9 Å². The Morgan fingerprint density at radius 3 is 2.53 bits per heavy atom. The number of nitrogens with zero attached hydrogens (tertiary/aromatic N) is 3. The van der Waals surface area contributed by atoms with Crippen molar-refractivity contribution in [3.63, 3.8) is 0 Å². The Morgan fingerprint density at radius 1 is 1.26 bits per heavy atom. The first-order chi connectivity index (χ1) is 9.00. The predicted octanol–water partition coefficient (Wildman–Crippen LogP) is -2.01. The predicted molar refractivity (Wildman–Crippen MR) is 70.6 cm³/mol. The summed E-state index contributed by atoms with van der Waals surface area (Å²) >= 11 is 0. The first-order valence-corrected chi connectivity index (χ1v) is 7.67. The molecule has 0 amide bonds. The molecule has 0 radical (unpaired) electrons. The van der Waals surface area contributed by atoms with Gasteiger partial charge in [-0.1, -0.05) is 0 Å². The zero-order valence-electron chi connectivity index (χ0n) is 10.6. The lowest BCUT2D eigenvalue weighted by atomic mass is 10.5. The van der Waals surface area contributed by atoms with E-state index in [0.717, 1.165) is 0 Å². The van der Waals surface area contributed by atoms with Gasteiger partial charge in [0.05, 0.1) is 6.54 Å². The van der Waals surface area contributed by atoms with Crippen molar-refractivity contribution in [2.75, 3.05) is 24.4 Å². The molecule has 0 aliphatic heterocycles. The summed E-state index contributed by atoms with van der Waals surface area (Å²) in [6, 6.07) is 0.188. The van der Waals surface area contributed by atoms with Crippen LogP contribution in [0.4, 0.5) is 11.9 Å². The fourth-order valence-electron chi connectivity index (χ4n) is 1.28. The van der Waals surface area contributed by atoms with Gasteiger partial charge in [-0.2, -0.15) is 15.0 Å². The molecule has 11 heteroatoms. The molecule has 0 aliphatic rings. The van der Waals surface area contributed by atoms with Crippen LogP contribution in [0, 0.1) is 0 Å². The second kappa shape index (κ2) is 7.27. The van der Waals surface area contributed by atoms with Crippen LogP contribution < -0.4 is 22.3 Å². The maximum absolute atomic E-state index is 9.34. The van der Waals surface area contributed by atoms with E-state index >= 15 is 0 Å². The fraction of sp³-hybridized carbons (Fsp3) is 0.625. The molecule has 0 fully saturated rings. The fourth-order valence-corrected chi connectivity index (χ4v) is 2.12. The third-order valence-electron chi connectivity index (χ3n) is 2.28. The third kappa shape index (κ3) is 5.42. The minimum atomic E-state index is -3.50. The van der Waals surface area contributed by atoms with Gasteiger partial charge in [-0.05, 0) is 6.42 Å². The molecule has 1 heterocycles. The second-order valence-electron chi connectivity index (χ2n) is 3.72. The highest BCUT2D eigenvalue weighted by molar-refractivity contribution is 6.57. The van der Waals surface area contributed by atoms with E-state index in [-0.39, 0.29) is 18.5 Å². The molecule has 19 heavy (non-hydrogen) atoms. The Balaban J connectivity index is 2.49. The molecule has 0 aromatic carbocycles. The second-order valence-corrected chi connectivity index (χ2v) is 6.12. The Hall–Kier alpha value is -1.37. The summed E-state index contributed by atoms with van der Waals surface area (Å²) in [4.78, 5) is 30.7. The maximum atomic E-state index is 9.34. The number of nitrogen functional groups attached to an aromatic ring is 1. The van der Waals surface area contributed by atoms with Gasteiger partial charge in [-0.15, -0.1) is 0 Å². The molecule has 1 aromatic heterocycles. The molecular weight excluding hydrogens is 270 g/mol. The molecule has 108 valence electrons. The average Bonchev–Trinajstić information content (AvgIpc) is 2.43. The number of hydrogen-bond acceptors (Lipinski definition) is 10. The molecule has 0 unspecified atom stereocenters. The molecule has 8 N–H and O–H groups in total. The molecule has 0 spiro atoms. The number of anilines is 2. The molecule has 1 aromatic rings. The van der Waals surface area contributed by atoms with E-state index in [9.17, 15) is 9.59 Å². The standard InChI is InChI=1S/C8H19N7O3Si/c1-18-19(16,17)4-2-3-11-7-12-6(5-9)13-8(14-7)15-10/h16-17H,2-5,9-10H2,1H3,(H2,11,12,13,14,15). The number of aromatic nitrogens is 3. The average molecular weight is 289 g/mol. The molecule has 0 saturated heterocycles. The van der Waals surface area contributed by atoms with Gasteiger partial charge in [-0.25, -0.2) is 5.84 Å². The first-order valence-electron chi connectivity index (χ1n) is 5.66. The molecule has 10 nitrogen and oxygen atoms in total. The quantitative estimate of drug-likeness (QED) is 0.136. The summed E-state index contributed by atoms with van der Waals surface area (Å²) in [7, 11) is -2.22. The van der Waals surface area contributed by atoms with E-state index in [1.165, 1.54) is 7.11 Å². The van der Waals surface area contributed by atoms with Gasteiger partial charge in [0.1, 0.15) is 5.82 Å². The lowest BCUT2D eigenvalue weighted by Gasteiger charge is -2.14. The summed E-state index contributed by atoms with van der Waals surface area (Å²) in [5.74, 6) is 6.16. The van der Waals surface area contributed by atoms with Crippen molar-refractivity contribution in [2.24, 2.45) is 11.6 Å². The van der Waals surface area contributed by atoms with Crippen LogP contribution >= 0.6 is 0 Å². The smallest absolute Gasteiger partial charge is 0.390 e. The molecule has 0 aliphatic carbocycles. The monoisotopic (exact) mass is 289 g/mol. The Bertz CT molecular complexity index is 384. The highest BCUT2D eigenvalue weighted by atomic mass is 28.4. The molecule has 0 saturated carbocycles. The van der Waals surface area contributed by atoms with Gasteiger partial charge in [0.25, 0.3) is 0 Å². The first kappa shape index (κ1) is 15.7. The lowest BCUT2D eigenvalue weighted by Crippen LogP contribution is -2.37. The molecular formula is C8H19N7O3Si. The normalized spacial score (nSPS) is 11.4. The van der Waals surface area contributed by atoms with Crippen LogP contribution in [0.5, 0.6) is 0 Å². The topological polar surface area (TPSA) is 164 Å². The van der Waals surface area contributed by atoms with Crippen LogP contribution in [0.15, 0.2) is 0 Å². The van der Waals surface area contributed by atoms with Gasteiger partial charge in [0.15, 0.2) is 0 Å². The van der Waals surface area contributed by atoms with Crippen LogP contribution in [-0.4, -0.2) is 47.0 Å². The number of rotatable bonds is 8. The van der Waals surface area contributed by atoms with Gasteiger partial charge < -0.3 is 25.1 Å². The summed E-state index contributed by atoms with van der Waals surface area (Å²) in [5, 5.41) is 2.92. The van der Waals surface area contributed by atoms with E-state index in [0.29, 0.717) is 24.7 Å². The zero-order chi connectivity index (χ0) is 14.3. The van der Waals surface area contributed by atoms with Crippen LogP contribution in [0.3, 0.4) is 0 Å². The minimum absolute atomic E-state index is 0.166. The van der Waals surface area contributed by atoms with Crippen molar-refractivity contribution < 1.29 is 14.0 Å². The largest absolute Gasteiger partial charge is 0.495 e. The lowest BCUT2D eigenvalue weighted by molar-refractivity contribution is 0.184. The highest BCUT2D eigenvalue weighted by Gasteiger charge is 2.29. The SMILES string of the molecule is CO[Si](O)(O)CCCNc1nc(CN)nc(NN)n1. The van der Waals surface area contributed by atoms with Crippen LogP contribution in [0.1, 0.15) is 12.2 Å². The third-order valence-corrected chi connectivity index (χ3v) is 3.94. The summed E-state index contributed by atoms with van der Waals surface area (Å²) < 4.78 is 4.60. The van der Waals surface area contributed by atoms with Crippen molar-refractivity contribution in [1.82, 2.24) is 15.0 Å². The van der Waals surface area contributed by atoms with E-state index in [1.807, 2.05) is 0 Å². The van der Waals surface area contributed by atoms with Crippen molar-refractivity contribution in [2.45, 2.75) is 19.0 Å². The van der Waals surface area contributed by atoms with Crippen molar-refractivity contribution >= 4 is 20.7 Å². The Kier molecular flexibility index (Phi) is 6.00. The van der Waals surface area contributed by atoms with E-state index in [1.54, 1.807) is 0 Å². The maximum Gasteiger partial charge on any atom is 0.495 e. The Labute approximate surface area is 111 Å². The number of hydrazine groups is 1. The van der Waals surface area contributed by atoms with Gasteiger partial charge >= 0.3 is 8.80 Å². The van der Waals surface area contributed by atoms with Crippen LogP contribution in [-0.2, 0) is 11.0 Å². The van der Waals surface area contributed by atoms with Crippen LogP contribution in [0.25, 0.3) is 0 Å². The van der Waals surface area contributed by atoms with E-state index in [4.69, 9.17) is 11.6 Å². The molecule has 0 bridgehead atoms. The van der Waals surface area contributed by atoms with Crippen molar-refractivity contribution in [3.8, 4) is 0 Å². The minimum Gasteiger partial charge on any atom is -0.390 e. The molecule has 1 rings (SSSR count). The number of hydrogen-bond donors (Lipinski definition) is 6. The summed E-state index contributed by atoms with van der Waals surface area (Å²) in [5.41, 5.74) is 7.76.